The van der Waals surface area contributed by atoms with Gasteiger partial charge in [-0.15, -0.1) is 0 Å². The van der Waals surface area contributed by atoms with Crippen molar-refractivity contribution in [3.63, 3.8) is 0 Å². The van der Waals surface area contributed by atoms with E-state index in [0.29, 0.717) is 11.4 Å². The van der Waals surface area contributed by atoms with Crippen molar-refractivity contribution in [1.29, 1.82) is 0 Å². The van der Waals surface area contributed by atoms with E-state index in [0.717, 1.165) is 16.5 Å². The Morgan fingerprint density at radius 3 is 2.73 bits per heavy atom. The first kappa shape index (κ1) is 13.0. The first-order valence-electron chi connectivity index (χ1n) is 4.67. The molecule has 1 unspecified atom stereocenters. The molecule has 1 rings (SSSR count). The van der Waals surface area contributed by atoms with Gasteiger partial charge < -0.3 is 0 Å². The summed E-state index contributed by atoms with van der Waals surface area (Å²) in [5.74, 6) is -0.138. The van der Waals surface area contributed by atoms with E-state index < -0.39 is 0 Å². The van der Waals surface area contributed by atoms with Gasteiger partial charge in [-0.05, 0) is 48.2 Å². The van der Waals surface area contributed by atoms with E-state index in [9.17, 15) is 4.79 Å². The van der Waals surface area contributed by atoms with E-state index in [1.807, 2.05) is 19.1 Å². The van der Waals surface area contributed by atoms with Crippen molar-refractivity contribution in [2.45, 2.75) is 19.8 Å². The number of rotatable bonds is 4. The normalized spacial score (nSPS) is 12.5. The molecule has 1 aromatic carbocycles. The van der Waals surface area contributed by atoms with Crippen LogP contribution in [0, 0.1) is 5.92 Å². The molecule has 1 atom stereocenters. The van der Waals surface area contributed by atoms with E-state index in [-0.39, 0.29) is 11.2 Å². The predicted octanol–water partition coefficient (Wildman–Crippen LogP) is 4.44. The minimum absolute atomic E-state index is 0.138. The Morgan fingerprint density at radius 1 is 1.53 bits per heavy atom. The highest BCUT2D eigenvalue weighted by Crippen LogP contribution is 2.25. The van der Waals surface area contributed by atoms with Crippen LogP contribution in [-0.2, 0) is 11.2 Å². The van der Waals surface area contributed by atoms with Gasteiger partial charge in [0.05, 0.1) is 0 Å². The predicted molar refractivity (Wildman–Crippen MR) is 67.5 cm³/mol. The summed E-state index contributed by atoms with van der Waals surface area (Å²) < 4.78 is 0.961. The maximum Gasteiger partial charge on any atom is 0.225 e. The molecule has 0 bridgehead atoms. The molecule has 0 saturated heterocycles. The van der Waals surface area contributed by atoms with Gasteiger partial charge >= 0.3 is 0 Å². The summed E-state index contributed by atoms with van der Waals surface area (Å²) in [6.45, 7) is 1.95. The van der Waals surface area contributed by atoms with Gasteiger partial charge in [0, 0.05) is 15.4 Å². The van der Waals surface area contributed by atoms with Gasteiger partial charge in [-0.3, -0.25) is 4.79 Å². The van der Waals surface area contributed by atoms with Crippen LogP contribution in [0.2, 0.25) is 5.02 Å². The van der Waals surface area contributed by atoms with Gasteiger partial charge in [0.2, 0.25) is 5.24 Å². The fourth-order valence-corrected chi connectivity index (χ4v) is 2.18. The summed E-state index contributed by atoms with van der Waals surface area (Å²) in [5, 5.41) is 0.384. The van der Waals surface area contributed by atoms with Crippen LogP contribution < -0.4 is 0 Å². The summed E-state index contributed by atoms with van der Waals surface area (Å²) in [6.07, 6.45) is 1.36. The van der Waals surface area contributed by atoms with Gasteiger partial charge in [-0.25, -0.2) is 0 Å². The van der Waals surface area contributed by atoms with Crippen LogP contribution in [0.4, 0.5) is 0 Å². The van der Waals surface area contributed by atoms with Crippen LogP contribution in [0.3, 0.4) is 0 Å². The van der Waals surface area contributed by atoms with Crippen LogP contribution in [0.1, 0.15) is 18.9 Å². The van der Waals surface area contributed by atoms with Crippen LogP contribution >= 0.6 is 39.1 Å². The first-order valence-corrected chi connectivity index (χ1v) is 6.22. The number of carbonyl (C=O) groups excluding carboxylic acids is 1. The summed E-state index contributed by atoms with van der Waals surface area (Å²) in [6, 6.07) is 5.54. The molecule has 0 N–H and O–H groups in total. The first-order chi connectivity index (χ1) is 7.04. The SMILES string of the molecule is CCC(Cc1cc(Cl)ccc1Br)C(=O)Cl. The van der Waals surface area contributed by atoms with Crippen molar-refractivity contribution < 1.29 is 4.79 Å². The monoisotopic (exact) mass is 308 g/mol. The molecular formula is C11H11BrCl2O. The fraction of sp³-hybridized carbons (Fsp3) is 0.364. The molecule has 0 aliphatic rings. The third kappa shape index (κ3) is 3.78. The quantitative estimate of drug-likeness (QED) is 0.752. The zero-order valence-electron chi connectivity index (χ0n) is 8.27. The topological polar surface area (TPSA) is 17.1 Å². The van der Waals surface area contributed by atoms with Crippen molar-refractivity contribution in [3.05, 3.63) is 33.3 Å². The summed E-state index contributed by atoms with van der Waals surface area (Å²) >= 11 is 14.8. The molecule has 82 valence electrons. The van der Waals surface area contributed by atoms with Crippen LogP contribution in [-0.4, -0.2) is 5.24 Å². The fourth-order valence-electron chi connectivity index (χ4n) is 1.35. The Morgan fingerprint density at radius 2 is 2.20 bits per heavy atom. The average Bonchev–Trinajstić information content (AvgIpc) is 2.18. The molecule has 15 heavy (non-hydrogen) atoms. The highest BCUT2D eigenvalue weighted by atomic mass is 79.9. The molecule has 0 fully saturated rings. The van der Waals surface area contributed by atoms with Gasteiger partial charge in [0.25, 0.3) is 0 Å². The Labute approximate surface area is 108 Å². The zero-order valence-corrected chi connectivity index (χ0v) is 11.4. The van der Waals surface area contributed by atoms with Gasteiger partial charge in [-0.1, -0.05) is 34.5 Å². The molecule has 0 amide bonds. The Bertz CT molecular complexity index is 366. The summed E-state index contributed by atoms with van der Waals surface area (Å²) in [5.41, 5.74) is 1.02. The number of carbonyl (C=O) groups is 1. The number of hydrogen-bond acceptors (Lipinski definition) is 1. The van der Waals surface area contributed by atoms with Crippen molar-refractivity contribution in [2.75, 3.05) is 0 Å². The average molecular weight is 310 g/mol. The van der Waals surface area contributed by atoms with Gasteiger partial charge in [0.15, 0.2) is 0 Å². The highest BCUT2D eigenvalue weighted by Gasteiger charge is 2.16. The number of hydrogen-bond donors (Lipinski definition) is 0. The molecule has 4 heteroatoms. The summed E-state index contributed by atoms with van der Waals surface area (Å²) in [4.78, 5) is 11.1. The molecule has 0 spiro atoms. The standard InChI is InChI=1S/C11H11BrCl2O/c1-2-7(11(14)15)5-8-6-9(13)3-4-10(8)12/h3-4,6-7H,2,5H2,1H3. The largest absolute Gasteiger partial charge is 0.281 e. The maximum atomic E-state index is 11.1. The Balaban J connectivity index is 2.87. The second kappa shape index (κ2) is 5.88. The van der Waals surface area contributed by atoms with Crippen LogP contribution in [0.5, 0.6) is 0 Å². The zero-order chi connectivity index (χ0) is 11.4. The highest BCUT2D eigenvalue weighted by molar-refractivity contribution is 9.10. The summed E-state index contributed by atoms with van der Waals surface area (Å²) in [7, 11) is 0. The van der Waals surface area contributed by atoms with Crippen LogP contribution in [0.15, 0.2) is 22.7 Å². The number of halogens is 3. The third-order valence-corrected chi connectivity index (χ3v) is 3.61. The van der Waals surface area contributed by atoms with Gasteiger partial charge in [0.1, 0.15) is 0 Å². The molecule has 0 aromatic heterocycles. The molecule has 0 aliphatic heterocycles. The Kier molecular flexibility index (Phi) is 5.10. The van der Waals surface area contributed by atoms with E-state index in [2.05, 4.69) is 15.9 Å². The maximum absolute atomic E-state index is 11.1. The van der Waals surface area contributed by atoms with E-state index in [1.54, 1.807) is 6.07 Å². The number of benzene rings is 1. The van der Waals surface area contributed by atoms with Gasteiger partial charge in [-0.2, -0.15) is 0 Å². The van der Waals surface area contributed by atoms with Crippen molar-refractivity contribution in [3.8, 4) is 0 Å². The van der Waals surface area contributed by atoms with Crippen LogP contribution in [0.25, 0.3) is 0 Å². The van der Waals surface area contributed by atoms with E-state index >= 15 is 0 Å². The second-order valence-corrected chi connectivity index (χ2v) is 5.01. The molecule has 0 heterocycles. The van der Waals surface area contributed by atoms with E-state index in [4.69, 9.17) is 23.2 Å². The lowest BCUT2D eigenvalue weighted by Crippen LogP contribution is -2.11. The molecule has 0 radical (unpaired) electrons. The minimum Gasteiger partial charge on any atom is -0.281 e. The van der Waals surface area contributed by atoms with Crippen molar-refractivity contribution in [2.24, 2.45) is 5.92 Å². The molecular weight excluding hydrogens is 299 g/mol. The molecule has 0 saturated carbocycles. The lowest BCUT2D eigenvalue weighted by Gasteiger charge is -2.11. The molecule has 1 nitrogen and oxygen atoms in total. The van der Waals surface area contributed by atoms with E-state index in [1.165, 1.54) is 0 Å². The van der Waals surface area contributed by atoms with Crippen molar-refractivity contribution >= 4 is 44.4 Å². The Hall–Kier alpha value is -0.0500. The smallest absolute Gasteiger partial charge is 0.225 e. The minimum atomic E-state index is -0.288. The lowest BCUT2D eigenvalue weighted by molar-refractivity contribution is -0.115. The molecule has 0 aliphatic carbocycles. The third-order valence-electron chi connectivity index (χ3n) is 2.29. The molecule has 1 aromatic rings. The van der Waals surface area contributed by atoms with Crippen molar-refractivity contribution in [1.82, 2.24) is 0 Å². The second-order valence-electron chi connectivity index (χ2n) is 3.35. The lowest BCUT2D eigenvalue weighted by atomic mass is 9.98.